The van der Waals surface area contributed by atoms with Crippen LogP contribution < -0.4 is 14.2 Å². The Labute approximate surface area is 252 Å². The third-order valence-corrected chi connectivity index (χ3v) is 7.83. The number of nitrogens with zero attached hydrogens (tertiary/aromatic N) is 5. The topological polar surface area (TPSA) is 113 Å². The number of carbonyl (C=O) groups excluding carboxylic acids is 1. The van der Waals surface area contributed by atoms with Crippen molar-refractivity contribution in [2.24, 2.45) is 20.0 Å². The summed E-state index contributed by atoms with van der Waals surface area (Å²) in [6.45, 7) is -4.10. The molecule has 0 radical (unpaired) electrons. The molecule has 240 valence electrons. The lowest BCUT2D eigenvalue weighted by atomic mass is 9.92. The SMILES string of the molecule is COc1cc(-c2c3c(OCC4COC4)cc(-c4cnn(C)c4)cc3nn2C)cc(OC(F)F)c1C(=O)N1CC(O)(C(F)(F)F)C1. The zero-order valence-electron chi connectivity index (χ0n) is 24.3. The van der Waals surface area contributed by atoms with E-state index in [1.807, 2.05) is 18.3 Å². The quantitative estimate of drug-likeness (QED) is 0.274. The Kier molecular flexibility index (Phi) is 7.59. The molecule has 0 aliphatic carbocycles. The molecule has 0 unspecified atom stereocenters. The second kappa shape index (κ2) is 11.2. The average molecular weight is 638 g/mol. The summed E-state index contributed by atoms with van der Waals surface area (Å²) in [6.07, 6.45) is -1.46. The number of fused-ring (bicyclic) bond motifs is 1. The third kappa shape index (κ3) is 5.52. The van der Waals surface area contributed by atoms with Crippen LogP contribution in [0, 0.1) is 5.92 Å². The second-order valence-electron chi connectivity index (χ2n) is 11.1. The van der Waals surface area contributed by atoms with Crippen molar-refractivity contribution in [1.82, 2.24) is 24.5 Å². The van der Waals surface area contributed by atoms with E-state index in [1.54, 1.807) is 25.0 Å². The number of benzene rings is 2. The highest BCUT2D eigenvalue weighted by Crippen LogP contribution is 2.45. The van der Waals surface area contributed by atoms with E-state index in [0.717, 1.165) is 11.1 Å². The first kappa shape index (κ1) is 30.6. The van der Waals surface area contributed by atoms with E-state index in [-0.39, 0.29) is 17.2 Å². The molecule has 11 nitrogen and oxygen atoms in total. The van der Waals surface area contributed by atoms with Gasteiger partial charge in [-0.3, -0.25) is 14.2 Å². The molecule has 2 aromatic heterocycles. The van der Waals surface area contributed by atoms with Crippen molar-refractivity contribution in [1.29, 1.82) is 0 Å². The predicted octanol–water partition coefficient (Wildman–Crippen LogP) is 4.03. The number of aromatic nitrogens is 4. The maximum Gasteiger partial charge on any atom is 0.420 e. The fourth-order valence-electron chi connectivity index (χ4n) is 5.41. The normalized spacial score (nSPS) is 16.5. The zero-order chi connectivity index (χ0) is 32.3. The first-order chi connectivity index (χ1) is 21.3. The van der Waals surface area contributed by atoms with Crippen molar-refractivity contribution in [2.75, 3.05) is 40.0 Å². The van der Waals surface area contributed by atoms with Crippen molar-refractivity contribution in [3.63, 3.8) is 0 Å². The molecule has 2 aliphatic heterocycles. The number of aryl methyl sites for hydroxylation is 2. The maximum absolute atomic E-state index is 13.6. The molecule has 1 amide bonds. The average Bonchev–Trinajstić information content (AvgIpc) is 3.50. The number of rotatable bonds is 9. The van der Waals surface area contributed by atoms with E-state index in [2.05, 4.69) is 10.2 Å². The largest absolute Gasteiger partial charge is 0.496 e. The van der Waals surface area contributed by atoms with Crippen molar-refractivity contribution < 1.29 is 50.8 Å². The van der Waals surface area contributed by atoms with Gasteiger partial charge in [0.2, 0.25) is 0 Å². The molecule has 2 aromatic carbocycles. The number of hydrogen-bond acceptors (Lipinski definition) is 8. The molecule has 45 heavy (non-hydrogen) atoms. The smallest absolute Gasteiger partial charge is 0.420 e. The minimum absolute atomic E-state index is 0.176. The summed E-state index contributed by atoms with van der Waals surface area (Å²) in [6, 6.07) is 6.21. The molecule has 2 saturated heterocycles. The van der Waals surface area contributed by atoms with Gasteiger partial charge in [-0.25, -0.2) is 0 Å². The Hall–Kier alpha value is -4.44. The Morgan fingerprint density at radius 1 is 1.09 bits per heavy atom. The fraction of sp³-hybridized carbons (Fsp3) is 0.414. The monoisotopic (exact) mass is 637 g/mol. The van der Waals surface area contributed by atoms with Crippen LogP contribution >= 0.6 is 0 Å². The van der Waals surface area contributed by atoms with Gasteiger partial charge < -0.3 is 29.0 Å². The van der Waals surface area contributed by atoms with Gasteiger partial charge in [0.05, 0.1) is 62.8 Å². The minimum Gasteiger partial charge on any atom is -0.496 e. The maximum atomic E-state index is 13.6. The molecule has 1 N–H and O–H groups in total. The molecule has 0 saturated carbocycles. The van der Waals surface area contributed by atoms with E-state index in [1.165, 1.54) is 23.9 Å². The van der Waals surface area contributed by atoms with Gasteiger partial charge in [-0.05, 0) is 29.8 Å². The Bertz CT molecular complexity index is 1760. The molecule has 4 aromatic rings. The first-order valence-electron chi connectivity index (χ1n) is 13.7. The summed E-state index contributed by atoms with van der Waals surface area (Å²) in [7, 11) is 4.61. The molecule has 0 bridgehead atoms. The number of alkyl halides is 5. The van der Waals surface area contributed by atoms with Gasteiger partial charge in [0.25, 0.3) is 5.91 Å². The number of β-amino-alcohol motifs (C(OH)–C–C–N with tert-alkyl or cyclic N) is 1. The standard InChI is InChI=1S/C29H28F5N5O6/c1-37-9-18(8-35-37)16-4-19-23(21(5-16)44-12-15-10-43-11-15)25(38(2)36-19)17-6-20(42-3)24(22(7-17)45-27(30)31)26(40)39-13-28(41,14-39)29(32,33)34/h4-9,15,27,41H,10-14H2,1-3H3. The molecule has 6 rings (SSSR count). The van der Waals surface area contributed by atoms with Crippen LogP contribution in [0.15, 0.2) is 36.7 Å². The number of aliphatic hydroxyl groups is 1. The van der Waals surface area contributed by atoms with E-state index >= 15 is 0 Å². The Morgan fingerprint density at radius 2 is 1.78 bits per heavy atom. The lowest BCUT2D eigenvalue weighted by Gasteiger charge is -2.47. The summed E-state index contributed by atoms with van der Waals surface area (Å²) in [5, 5.41) is 19.2. The number of likely N-dealkylation sites (tertiary alicyclic amines) is 1. The van der Waals surface area contributed by atoms with Crippen LogP contribution in [0.2, 0.25) is 0 Å². The number of carbonyl (C=O) groups is 1. The molecule has 0 atom stereocenters. The number of ether oxygens (including phenoxy) is 4. The van der Waals surface area contributed by atoms with Crippen LogP contribution in [-0.2, 0) is 18.8 Å². The van der Waals surface area contributed by atoms with Crippen LogP contribution in [0.5, 0.6) is 17.2 Å². The van der Waals surface area contributed by atoms with Gasteiger partial charge in [0.15, 0.2) is 5.60 Å². The van der Waals surface area contributed by atoms with Crippen LogP contribution in [0.25, 0.3) is 33.3 Å². The lowest BCUT2D eigenvalue weighted by Crippen LogP contribution is -2.70. The third-order valence-electron chi connectivity index (χ3n) is 7.83. The van der Waals surface area contributed by atoms with Crippen molar-refractivity contribution >= 4 is 16.8 Å². The van der Waals surface area contributed by atoms with E-state index in [4.69, 9.17) is 18.9 Å². The van der Waals surface area contributed by atoms with Gasteiger partial charge in [-0.15, -0.1) is 0 Å². The number of halogens is 5. The van der Waals surface area contributed by atoms with Crippen molar-refractivity contribution in [2.45, 2.75) is 18.4 Å². The summed E-state index contributed by atoms with van der Waals surface area (Å²) in [5.74, 6) is -1.31. The van der Waals surface area contributed by atoms with Crippen LogP contribution in [0.1, 0.15) is 10.4 Å². The molecular formula is C29H28F5N5O6. The fourth-order valence-corrected chi connectivity index (χ4v) is 5.41. The first-order valence-corrected chi connectivity index (χ1v) is 13.7. The van der Waals surface area contributed by atoms with Crippen LogP contribution in [0.3, 0.4) is 0 Å². The van der Waals surface area contributed by atoms with E-state index in [9.17, 15) is 31.9 Å². The molecule has 2 aliphatic rings. The second-order valence-corrected chi connectivity index (χ2v) is 11.1. The predicted molar refractivity (Wildman–Crippen MR) is 148 cm³/mol. The van der Waals surface area contributed by atoms with E-state index in [0.29, 0.717) is 47.1 Å². The number of hydrogen-bond donors (Lipinski definition) is 1. The molecule has 4 heterocycles. The van der Waals surface area contributed by atoms with Gasteiger partial charge >= 0.3 is 12.8 Å². The van der Waals surface area contributed by atoms with Crippen molar-refractivity contribution in [3.8, 4) is 39.6 Å². The van der Waals surface area contributed by atoms with Crippen molar-refractivity contribution in [3.05, 3.63) is 42.2 Å². The summed E-state index contributed by atoms with van der Waals surface area (Å²) < 4.78 is 91.7. The van der Waals surface area contributed by atoms with Gasteiger partial charge in [0.1, 0.15) is 22.8 Å². The van der Waals surface area contributed by atoms with Crippen LogP contribution in [0.4, 0.5) is 22.0 Å². The highest BCUT2D eigenvalue weighted by atomic mass is 19.4. The lowest BCUT2D eigenvalue weighted by molar-refractivity contribution is -0.294. The van der Waals surface area contributed by atoms with Gasteiger partial charge in [-0.2, -0.15) is 32.1 Å². The summed E-state index contributed by atoms with van der Waals surface area (Å²) in [4.78, 5) is 14.0. The highest BCUT2D eigenvalue weighted by molar-refractivity contribution is 6.04. The van der Waals surface area contributed by atoms with E-state index < -0.39 is 48.7 Å². The Balaban J connectivity index is 1.46. The minimum atomic E-state index is -4.98. The zero-order valence-corrected chi connectivity index (χ0v) is 24.3. The van der Waals surface area contributed by atoms with Gasteiger partial charge in [0, 0.05) is 37.3 Å². The highest BCUT2D eigenvalue weighted by Gasteiger charge is 2.62. The Morgan fingerprint density at radius 3 is 2.36 bits per heavy atom. The number of methoxy groups -OCH3 is 1. The summed E-state index contributed by atoms with van der Waals surface area (Å²) in [5.41, 5.74) is -0.865. The molecule has 0 spiro atoms. The van der Waals surface area contributed by atoms with Crippen LogP contribution in [-0.4, -0.2) is 93.9 Å². The van der Waals surface area contributed by atoms with Gasteiger partial charge in [-0.1, -0.05) is 0 Å². The molecule has 16 heteroatoms. The molecular weight excluding hydrogens is 609 g/mol. The molecule has 2 fully saturated rings. The number of amides is 1. The summed E-state index contributed by atoms with van der Waals surface area (Å²) >= 11 is 0.